The lowest BCUT2D eigenvalue weighted by Gasteiger charge is -2.26. The van der Waals surface area contributed by atoms with E-state index in [1.165, 1.54) is 32.4 Å². The number of ether oxygens (including phenoxy) is 1. The van der Waals surface area contributed by atoms with Crippen LogP contribution in [0.1, 0.15) is 49.3 Å². The van der Waals surface area contributed by atoms with E-state index < -0.39 is 0 Å². The monoisotopic (exact) mass is 452 g/mol. The molecule has 2 aromatic carbocycles. The minimum Gasteiger partial charge on any atom is -0.508 e. The van der Waals surface area contributed by atoms with Gasteiger partial charge in [-0.25, -0.2) is 4.98 Å². The van der Waals surface area contributed by atoms with E-state index in [9.17, 15) is 5.11 Å². The number of nitrogens with zero attached hydrogens (tertiary/aromatic N) is 2. The van der Waals surface area contributed by atoms with Crippen molar-refractivity contribution in [2.24, 2.45) is 0 Å². The molecule has 4 rings (SSSR count). The quantitative estimate of drug-likeness (QED) is 0.373. The van der Waals surface area contributed by atoms with Crippen LogP contribution in [0.5, 0.6) is 11.5 Å². The van der Waals surface area contributed by atoms with Crippen LogP contribution >= 0.6 is 11.8 Å². The molecule has 0 bridgehead atoms. The summed E-state index contributed by atoms with van der Waals surface area (Å²) in [6.45, 7) is 6.41. The summed E-state index contributed by atoms with van der Waals surface area (Å²) in [6.07, 6.45) is 6.84. The third-order valence-electron chi connectivity index (χ3n) is 5.78. The van der Waals surface area contributed by atoms with Crippen molar-refractivity contribution in [3.05, 3.63) is 66.2 Å². The zero-order chi connectivity index (χ0) is 22.2. The Balaban J connectivity index is 1.35. The highest BCUT2D eigenvalue weighted by Gasteiger charge is 2.23. The first-order valence-electron chi connectivity index (χ1n) is 11.6. The molecule has 0 saturated carbocycles. The van der Waals surface area contributed by atoms with Gasteiger partial charge < -0.3 is 19.2 Å². The fourth-order valence-electron chi connectivity index (χ4n) is 4.09. The second kappa shape index (κ2) is 11.4. The van der Waals surface area contributed by atoms with E-state index >= 15 is 0 Å². The van der Waals surface area contributed by atoms with Crippen molar-refractivity contribution in [2.45, 2.75) is 37.9 Å². The van der Waals surface area contributed by atoms with Crippen LogP contribution in [0.25, 0.3) is 11.3 Å². The maximum atomic E-state index is 10.3. The van der Waals surface area contributed by atoms with Crippen LogP contribution in [0.4, 0.5) is 0 Å². The summed E-state index contributed by atoms with van der Waals surface area (Å²) in [4.78, 5) is 7.06. The first-order chi connectivity index (χ1) is 15.7. The normalized spacial score (nSPS) is 15.5. The topological polar surface area (TPSA) is 58.7 Å². The smallest absolute Gasteiger partial charge is 0.212 e. The van der Waals surface area contributed by atoms with E-state index in [2.05, 4.69) is 16.8 Å². The number of aromatic hydroxyl groups is 1. The summed E-state index contributed by atoms with van der Waals surface area (Å²) >= 11 is 1.69. The largest absolute Gasteiger partial charge is 0.508 e. The number of oxazole rings is 1. The van der Waals surface area contributed by atoms with Gasteiger partial charge in [-0.05, 0) is 68.4 Å². The van der Waals surface area contributed by atoms with E-state index in [0.29, 0.717) is 11.7 Å². The number of hydrogen-bond donors (Lipinski definition) is 1. The van der Waals surface area contributed by atoms with E-state index in [4.69, 9.17) is 9.15 Å². The van der Waals surface area contributed by atoms with Crippen LogP contribution in [0.15, 0.2) is 59.1 Å². The number of rotatable bonds is 10. The molecular weight excluding hydrogens is 420 g/mol. The van der Waals surface area contributed by atoms with Gasteiger partial charge in [0.15, 0.2) is 5.76 Å². The summed E-state index contributed by atoms with van der Waals surface area (Å²) < 4.78 is 12.0. The van der Waals surface area contributed by atoms with Gasteiger partial charge in [-0.2, -0.15) is 0 Å². The van der Waals surface area contributed by atoms with E-state index in [1.54, 1.807) is 24.0 Å². The predicted molar refractivity (Wildman–Crippen MR) is 130 cm³/mol. The molecule has 5 nitrogen and oxygen atoms in total. The zero-order valence-corrected chi connectivity index (χ0v) is 19.5. The molecule has 1 N–H and O–H groups in total. The number of phenolic OH excluding ortho intramolecular Hbond substituents is 1. The highest BCUT2D eigenvalue weighted by atomic mass is 32.2. The Morgan fingerprint density at radius 3 is 2.62 bits per heavy atom. The SMILES string of the molecule is CCSC(c1ncc(-c2ccc(OCCCN3CCCCC3)cc2)o1)c1ccccc1O. The van der Waals surface area contributed by atoms with Crippen LogP contribution in [-0.4, -0.2) is 47.0 Å². The van der Waals surface area contributed by atoms with Crippen LogP contribution in [0.3, 0.4) is 0 Å². The molecule has 1 aliphatic rings. The first kappa shape index (κ1) is 22.7. The molecule has 1 atom stereocenters. The summed E-state index contributed by atoms with van der Waals surface area (Å²) in [5.74, 6) is 3.35. The molecule has 3 aromatic rings. The molecule has 0 amide bonds. The number of phenols is 1. The highest BCUT2D eigenvalue weighted by Crippen LogP contribution is 2.40. The average Bonchev–Trinajstić information content (AvgIpc) is 3.32. The Kier molecular flexibility index (Phi) is 8.13. The number of likely N-dealkylation sites (tertiary alicyclic amines) is 1. The standard InChI is InChI=1S/C26H32N2O3S/c1-2-32-25(22-9-4-5-10-23(22)29)26-27-19-24(31-26)20-11-13-21(14-12-20)30-18-8-17-28-15-6-3-7-16-28/h4-5,9-14,19,25,29H,2-3,6-8,15-18H2,1H3. The first-order valence-corrected chi connectivity index (χ1v) is 12.6. The van der Waals surface area contributed by atoms with Gasteiger partial charge in [-0.15, -0.1) is 11.8 Å². The fourth-order valence-corrected chi connectivity index (χ4v) is 5.05. The summed E-state index contributed by atoms with van der Waals surface area (Å²) in [5.41, 5.74) is 1.78. The molecule has 1 fully saturated rings. The Bertz CT molecular complexity index is 967. The highest BCUT2D eigenvalue weighted by molar-refractivity contribution is 7.99. The van der Waals surface area contributed by atoms with Gasteiger partial charge in [0.2, 0.25) is 5.89 Å². The lowest BCUT2D eigenvalue weighted by atomic mass is 10.1. The molecule has 6 heteroatoms. The number of aromatic nitrogens is 1. The number of benzene rings is 2. The molecule has 170 valence electrons. The maximum absolute atomic E-state index is 10.3. The molecule has 1 saturated heterocycles. The van der Waals surface area contributed by atoms with E-state index in [1.807, 2.05) is 42.5 Å². The lowest BCUT2D eigenvalue weighted by molar-refractivity contribution is 0.205. The summed E-state index contributed by atoms with van der Waals surface area (Å²) in [6, 6.07) is 15.4. The van der Waals surface area contributed by atoms with Gasteiger partial charge in [0.25, 0.3) is 0 Å². The second-order valence-corrected chi connectivity index (χ2v) is 9.47. The number of para-hydroxylation sites is 1. The molecule has 0 spiro atoms. The molecule has 0 aliphatic carbocycles. The van der Waals surface area contributed by atoms with Crippen LogP contribution in [-0.2, 0) is 0 Å². The van der Waals surface area contributed by atoms with Gasteiger partial charge in [-0.1, -0.05) is 31.5 Å². The molecule has 2 heterocycles. The van der Waals surface area contributed by atoms with E-state index in [-0.39, 0.29) is 11.0 Å². The van der Waals surface area contributed by atoms with Gasteiger partial charge in [0, 0.05) is 17.7 Å². The van der Waals surface area contributed by atoms with Crippen molar-refractivity contribution >= 4 is 11.8 Å². The third-order valence-corrected chi connectivity index (χ3v) is 6.90. The minimum absolute atomic E-state index is 0.141. The Hall–Kier alpha value is -2.44. The number of piperidine rings is 1. The Labute approximate surface area is 194 Å². The zero-order valence-electron chi connectivity index (χ0n) is 18.7. The maximum Gasteiger partial charge on any atom is 0.212 e. The van der Waals surface area contributed by atoms with E-state index in [0.717, 1.165) is 42.2 Å². The molecular formula is C26H32N2O3S. The number of thioether (sulfide) groups is 1. The van der Waals surface area contributed by atoms with Crippen LogP contribution < -0.4 is 4.74 Å². The summed E-state index contributed by atoms with van der Waals surface area (Å²) in [7, 11) is 0. The van der Waals surface area contributed by atoms with Crippen LogP contribution in [0, 0.1) is 0 Å². The van der Waals surface area contributed by atoms with Gasteiger partial charge in [-0.3, -0.25) is 0 Å². The fraction of sp³-hybridized carbons (Fsp3) is 0.423. The Morgan fingerprint density at radius 1 is 1.09 bits per heavy atom. The Morgan fingerprint density at radius 2 is 1.88 bits per heavy atom. The van der Waals surface area contributed by atoms with Crippen molar-refractivity contribution in [3.8, 4) is 22.8 Å². The molecule has 32 heavy (non-hydrogen) atoms. The third kappa shape index (κ3) is 5.87. The lowest BCUT2D eigenvalue weighted by Crippen LogP contribution is -2.31. The van der Waals surface area contributed by atoms with Crippen molar-refractivity contribution in [2.75, 3.05) is 32.0 Å². The van der Waals surface area contributed by atoms with Crippen molar-refractivity contribution in [1.82, 2.24) is 9.88 Å². The minimum atomic E-state index is -0.141. The van der Waals surface area contributed by atoms with Gasteiger partial charge in [0.05, 0.1) is 12.8 Å². The van der Waals surface area contributed by atoms with Crippen molar-refractivity contribution in [1.29, 1.82) is 0 Å². The average molecular weight is 453 g/mol. The molecule has 1 unspecified atom stereocenters. The summed E-state index contributed by atoms with van der Waals surface area (Å²) in [5, 5.41) is 10.1. The van der Waals surface area contributed by atoms with Crippen molar-refractivity contribution in [3.63, 3.8) is 0 Å². The van der Waals surface area contributed by atoms with Gasteiger partial charge >= 0.3 is 0 Å². The second-order valence-electron chi connectivity index (χ2n) is 8.09. The molecule has 1 aliphatic heterocycles. The van der Waals surface area contributed by atoms with Crippen molar-refractivity contribution < 1.29 is 14.3 Å². The number of hydrogen-bond acceptors (Lipinski definition) is 6. The predicted octanol–water partition coefficient (Wildman–Crippen LogP) is 6.14. The molecule has 0 radical (unpaired) electrons. The van der Waals surface area contributed by atoms with Crippen LogP contribution in [0.2, 0.25) is 0 Å². The molecule has 1 aromatic heterocycles. The van der Waals surface area contributed by atoms with Gasteiger partial charge in [0.1, 0.15) is 16.7 Å².